The summed E-state index contributed by atoms with van der Waals surface area (Å²) in [6.07, 6.45) is 2.95. The Labute approximate surface area is 178 Å². The van der Waals surface area contributed by atoms with Gasteiger partial charge in [0.2, 0.25) is 5.91 Å². The molecule has 0 saturated carbocycles. The number of thiophene rings is 1. The molecule has 0 bridgehead atoms. The van der Waals surface area contributed by atoms with Crippen LogP contribution in [-0.2, 0) is 17.6 Å². The summed E-state index contributed by atoms with van der Waals surface area (Å²) >= 11 is 1.67. The smallest absolute Gasteiger partial charge is 0.231 e. The van der Waals surface area contributed by atoms with Gasteiger partial charge in [0.25, 0.3) is 0 Å². The van der Waals surface area contributed by atoms with E-state index in [-0.39, 0.29) is 5.91 Å². The molecule has 0 radical (unpaired) electrons. The number of hydrogen-bond donors (Lipinski definition) is 1. The SMILES string of the molecule is COc1cccc(CC(=O)N2CCc3cc(-c4csc5ccnc(N)c45)ccc32)c1. The number of carbonyl (C=O) groups excluding carboxylic acids is 1. The van der Waals surface area contributed by atoms with Gasteiger partial charge in [0, 0.05) is 34.1 Å². The van der Waals surface area contributed by atoms with E-state index in [0.717, 1.165) is 44.6 Å². The van der Waals surface area contributed by atoms with Crippen LogP contribution in [0.15, 0.2) is 60.1 Å². The Morgan fingerprint density at radius 2 is 2.13 bits per heavy atom. The molecular formula is C24H21N3O2S. The van der Waals surface area contributed by atoms with Gasteiger partial charge in [-0.25, -0.2) is 4.98 Å². The Bertz CT molecular complexity index is 1260. The molecule has 150 valence electrons. The number of pyridine rings is 1. The van der Waals surface area contributed by atoms with Gasteiger partial charge in [0.05, 0.1) is 13.5 Å². The van der Waals surface area contributed by atoms with E-state index < -0.39 is 0 Å². The second kappa shape index (κ2) is 7.46. The van der Waals surface area contributed by atoms with E-state index in [1.54, 1.807) is 24.6 Å². The summed E-state index contributed by atoms with van der Waals surface area (Å²) in [5, 5.41) is 3.14. The number of ether oxygens (including phenoxy) is 1. The first kappa shape index (κ1) is 18.6. The van der Waals surface area contributed by atoms with E-state index in [1.807, 2.05) is 35.2 Å². The van der Waals surface area contributed by atoms with Crippen LogP contribution in [0.25, 0.3) is 21.2 Å². The van der Waals surface area contributed by atoms with Gasteiger partial charge in [-0.1, -0.05) is 18.2 Å². The molecule has 3 heterocycles. The molecule has 5 rings (SSSR count). The van der Waals surface area contributed by atoms with Gasteiger partial charge in [-0.2, -0.15) is 0 Å². The molecule has 1 amide bonds. The van der Waals surface area contributed by atoms with Crippen molar-refractivity contribution in [2.75, 3.05) is 24.3 Å². The number of nitrogens with two attached hydrogens (primary N) is 1. The molecule has 2 aromatic carbocycles. The van der Waals surface area contributed by atoms with Crippen molar-refractivity contribution in [3.8, 4) is 16.9 Å². The fourth-order valence-corrected chi connectivity index (χ4v) is 5.07. The first-order chi connectivity index (χ1) is 14.6. The molecule has 6 heteroatoms. The molecule has 2 aromatic heterocycles. The van der Waals surface area contributed by atoms with Crippen LogP contribution >= 0.6 is 11.3 Å². The second-order valence-electron chi connectivity index (χ2n) is 7.39. The minimum Gasteiger partial charge on any atom is -0.497 e. The highest BCUT2D eigenvalue weighted by molar-refractivity contribution is 7.17. The number of nitrogen functional groups attached to an aromatic ring is 1. The summed E-state index contributed by atoms with van der Waals surface area (Å²) in [6, 6.07) is 16.0. The van der Waals surface area contributed by atoms with Crippen molar-refractivity contribution >= 4 is 38.8 Å². The van der Waals surface area contributed by atoms with E-state index in [2.05, 4.69) is 28.6 Å². The van der Waals surface area contributed by atoms with Crippen LogP contribution in [0.5, 0.6) is 5.75 Å². The third-order valence-corrected chi connectivity index (χ3v) is 6.54. The summed E-state index contributed by atoms with van der Waals surface area (Å²) in [6.45, 7) is 0.704. The molecule has 0 unspecified atom stereocenters. The van der Waals surface area contributed by atoms with Crippen molar-refractivity contribution in [1.29, 1.82) is 0 Å². The van der Waals surface area contributed by atoms with E-state index in [9.17, 15) is 4.79 Å². The number of anilines is 2. The number of rotatable bonds is 4. The highest BCUT2D eigenvalue weighted by Gasteiger charge is 2.25. The molecule has 0 fully saturated rings. The monoisotopic (exact) mass is 415 g/mol. The van der Waals surface area contributed by atoms with Crippen molar-refractivity contribution in [3.63, 3.8) is 0 Å². The fourth-order valence-electron chi connectivity index (χ4n) is 4.10. The van der Waals surface area contributed by atoms with Crippen LogP contribution in [-0.4, -0.2) is 24.5 Å². The summed E-state index contributed by atoms with van der Waals surface area (Å²) in [5.41, 5.74) is 11.5. The van der Waals surface area contributed by atoms with Crippen molar-refractivity contribution in [3.05, 3.63) is 71.2 Å². The second-order valence-corrected chi connectivity index (χ2v) is 8.30. The molecule has 0 spiro atoms. The number of carbonyl (C=O) groups is 1. The molecule has 5 nitrogen and oxygen atoms in total. The van der Waals surface area contributed by atoms with Crippen LogP contribution in [0.1, 0.15) is 11.1 Å². The minimum atomic E-state index is 0.101. The summed E-state index contributed by atoms with van der Waals surface area (Å²) < 4.78 is 6.40. The summed E-state index contributed by atoms with van der Waals surface area (Å²) in [5.74, 6) is 1.42. The molecule has 0 aliphatic carbocycles. The Morgan fingerprint density at radius 3 is 3.00 bits per heavy atom. The zero-order chi connectivity index (χ0) is 20.7. The quantitative estimate of drug-likeness (QED) is 0.525. The van der Waals surface area contributed by atoms with E-state index >= 15 is 0 Å². The maximum absolute atomic E-state index is 13.0. The standard InChI is InChI=1S/C24H21N3O2S/c1-29-18-4-2-3-15(11-18)12-22(28)27-10-8-17-13-16(5-6-20(17)27)19-14-30-21-7-9-26-24(25)23(19)21/h2-7,9,11,13-14H,8,10,12H2,1H3,(H2,25,26). The largest absolute Gasteiger partial charge is 0.497 e. The third-order valence-electron chi connectivity index (χ3n) is 5.59. The Balaban J connectivity index is 1.43. The highest BCUT2D eigenvalue weighted by Crippen LogP contribution is 2.39. The maximum Gasteiger partial charge on any atom is 0.231 e. The van der Waals surface area contributed by atoms with Crippen molar-refractivity contribution in [2.45, 2.75) is 12.8 Å². The summed E-state index contributed by atoms with van der Waals surface area (Å²) in [7, 11) is 1.63. The lowest BCUT2D eigenvalue weighted by Crippen LogP contribution is -2.30. The topological polar surface area (TPSA) is 68.5 Å². The Morgan fingerprint density at radius 1 is 1.23 bits per heavy atom. The Kier molecular flexibility index (Phi) is 4.64. The van der Waals surface area contributed by atoms with Gasteiger partial charge in [0.15, 0.2) is 0 Å². The van der Waals surface area contributed by atoms with Gasteiger partial charge in [-0.15, -0.1) is 11.3 Å². The van der Waals surface area contributed by atoms with Crippen molar-refractivity contribution < 1.29 is 9.53 Å². The van der Waals surface area contributed by atoms with Gasteiger partial charge >= 0.3 is 0 Å². The zero-order valence-electron chi connectivity index (χ0n) is 16.6. The van der Waals surface area contributed by atoms with Gasteiger partial charge in [-0.05, 0) is 58.8 Å². The number of benzene rings is 2. The predicted molar refractivity (Wildman–Crippen MR) is 122 cm³/mol. The maximum atomic E-state index is 13.0. The van der Waals surface area contributed by atoms with Gasteiger partial charge < -0.3 is 15.4 Å². The minimum absolute atomic E-state index is 0.101. The van der Waals surface area contributed by atoms with Crippen LogP contribution in [0.2, 0.25) is 0 Å². The normalized spacial score (nSPS) is 12.9. The number of methoxy groups -OCH3 is 1. The molecule has 1 aliphatic heterocycles. The van der Waals surface area contributed by atoms with Crippen LogP contribution in [0.3, 0.4) is 0 Å². The average Bonchev–Trinajstić information content (AvgIpc) is 3.38. The summed E-state index contributed by atoms with van der Waals surface area (Å²) in [4.78, 5) is 19.1. The van der Waals surface area contributed by atoms with Gasteiger partial charge in [-0.3, -0.25) is 4.79 Å². The number of aromatic nitrogens is 1. The molecule has 1 aliphatic rings. The zero-order valence-corrected chi connectivity index (χ0v) is 17.4. The molecule has 0 atom stereocenters. The van der Waals surface area contributed by atoms with Crippen molar-refractivity contribution in [2.24, 2.45) is 0 Å². The average molecular weight is 416 g/mol. The number of fused-ring (bicyclic) bond motifs is 2. The molecule has 2 N–H and O–H groups in total. The Hall–Kier alpha value is -3.38. The fraction of sp³-hybridized carbons (Fsp3) is 0.167. The molecule has 4 aromatic rings. The third kappa shape index (κ3) is 3.19. The van der Waals surface area contributed by atoms with E-state index in [1.165, 1.54) is 5.56 Å². The first-order valence-corrected chi connectivity index (χ1v) is 10.7. The van der Waals surface area contributed by atoms with Crippen LogP contribution in [0, 0.1) is 0 Å². The number of nitrogens with zero attached hydrogens (tertiary/aromatic N) is 2. The lowest BCUT2D eigenvalue weighted by Gasteiger charge is -2.18. The predicted octanol–water partition coefficient (Wildman–Crippen LogP) is 4.69. The number of hydrogen-bond acceptors (Lipinski definition) is 5. The van der Waals surface area contributed by atoms with Crippen LogP contribution < -0.4 is 15.4 Å². The lowest BCUT2D eigenvalue weighted by atomic mass is 10.0. The lowest BCUT2D eigenvalue weighted by molar-refractivity contribution is -0.117. The van der Waals surface area contributed by atoms with Crippen LogP contribution in [0.4, 0.5) is 11.5 Å². The molecule has 30 heavy (non-hydrogen) atoms. The number of amides is 1. The van der Waals surface area contributed by atoms with Gasteiger partial charge in [0.1, 0.15) is 11.6 Å². The van der Waals surface area contributed by atoms with Crippen molar-refractivity contribution in [1.82, 2.24) is 4.98 Å². The van der Waals surface area contributed by atoms with E-state index in [0.29, 0.717) is 18.8 Å². The molecular weight excluding hydrogens is 394 g/mol. The van der Waals surface area contributed by atoms with E-state index in [4.69, 9.17) is 10.5 Å². The first-order valence-electron chi connectivity index (χ1n) is 9.82. The highest BCUT2D eigenvalue weighted by atomic mass is 32.1. The molecule has 0 saturated heterocycles.